The van der Waals surface area contributed by atoms with Gasteiger partial charge in [-0.1, -0.05) is 109 Å². The minimum absolute atomic E-state index is 0.643. The van der Waals surface area contributed by atoms with Crippen LogP contribution >= 0.6 is 0 Å². The largest absolute Gasteiger partial charge is 0.316 e. The molecule has 230 valence electrons. The van der Waals surface area contributed by atoms with Gasteiger partial charge in [0.2, 0.25) is 5.95 Å². The van der Waals surface area contributed by atoms with Crippen LogP contribution in [0.2, 0.25) is 0 Å². The van der Waals surface area contributed by atoms with Crippen LogP contribution in [0.1, 0.15) is 0 Å². The highest BCUT2D eigenvalue weighted by Crippen LogP contribution is 2.39. The Labute approximate surface area is 282 Å². The summed E-state index contributed by atoms with van der Waals surface area (Å²) in [6.07, 6.45) is 4.26. The van der Waals surface area contributed by atoms with Gasteiger partial charge >= 0.3 is 0 Å². The van der Waals surface area contributed by atoms with E-state index in [-0.39, 0.29) is 0 Å². The predicted molar refractivity (Wildman–Crippen MR) is 201 cm³/mol. The molecular weight excluding hydrogens is 599 g/mol. The van der Waals surface area contributed by atoms with Crippen molar-refractivity contribution in [3.05, 3.63) is 176 Å². The fourth-order valence-electron chi connectivity index (χ4n) is 7.31. The van der Waals surface area contributed by atoms with Crippen LogP contribution in [-0.4, -0.2) is 23.7 Å². The fourth-order valence-corrected chi connectivity index (χ4v) is 7.31. The molecule has 0 unspecified atom stereocenters. The summed E-state index contributed by atoms with van der Waals surface area (Å²) >= 11 is 0. The standard InChI is InChI=1S/C44H29N5/c1-4-13-30(14-5-1)31-15-12-16-32(29-31)41-43-38(26-28-48(43)34-19-8-3-9-20-34)45-44(46-41)49-40-22-11-10-21-35(40)36-23-24-39-37(42(36)49)25-27-47(39)33-17-6-2-7-18-33/h1-29H. The minimum Gasteiger partial charge on any atom is -0.316 e. The van der Waals surface area contributed by atoms with Gasteiger partial charge in [-0.2, -0.15) is 0 Å². The number of fused-ring (bicyclic) bond motifs is 6. The van der Waals surface area contributed by atoms with Crippen LogP contribution in [-0.2, 0) is 0 Å². The van der Waals surface area contributed by atoms with Crippen LogP contribution in [0.5, 0.6) is 0 Å². The minimum atomic E-state index is 0.643. The zero-order chi connectivity index (χ0) is 32.3. The van der Waals surface area contributed by atoms with Crippen molar-refractivity contribution in [3.8, 4) is 39.7 Å². The van der Waals surface area contributed by atoms with Gasteiger partial charge in [0.05, 0.1) is 27.6 Å². The first-order valence-corrected chi connectivity index (χ1v) is 16.5. The molecular formula is C44H29N5. The molecule has 4 heterocycles. The molecule has 0 spiro atoms. The van der Waals surface area contributed by atoms with E-state index in [1.807, 2.05) is 6.07 Å². The van der Waals surface area contributed by atoms with Crippen molar-refractivity contribution in [1.82, 2.24) is 23.7 Å². The van der Waals surface area contributed by atoms with Crippen molar-refractivity contribution in [1.29, 1.82) is 0 Å². The molecule has 0 aliphatic carbocycles. The molecule has 0 radical (unpaired) electrons. The second-order valence-corrected chi connectivity index (χ2v) is 12.3. The average molecular weight is 628 g/mol. The van der Waals surface area contributed by atoms with Gasteiger partial charge in [-0.15, -0.1) is 0 Å². The van der Waals surface area contributed by atoms with E-state index in [4.69, 9.17) is 9.97 Å². The zero-order valence-corrected chi connectivity index (χ0v) is 26.5. The molecule has 0 N–H and O–H groups in total. The highest BCUT2D eigenvalue weighted by molar-refractivity contribution is 6.18. The first-order valence-electron chi connectivity index (χ1n) is 16.5. The number of hydrogen-bond acceptors (Lipinski definition) is 2. The number of benzene rings is 6. The Bertz CT molecular complexity index is 2810. The molecule has 0 aliphatic heterocycles. The van der Waals surface area contributed by atoms with Crippen LogP contribution in [0.4, 0.5) is 0 Å². The monoisotopic (exact) mass is 627 g/mol. The number of rotatable bonds is 5. The molecule has 10 rings (SSSR count). The predicted octanol–water partition coefficient (Wildman–Crippen LogP) is 10.8. The third-order valence-electron chi connectivity index (χ3n) is 9.54. The van der Waals surface area contributed by atoms with Gasteiger partial charge in [0.15, 0.2) is 0 Å². The van der Waals surface area contributed by atoms with E-state index in [1.165, 1.54) is 16.3 Å². The lowest BCUT2D eigenvalue weighted by Crippen LogP contribution is -2.05. The van der Waals surface area contributed by atoms with Crippen LogP contribution in [0.25, 0.3) is 83.4 Å². The van der Waals surface area contributed by atoms with Crippen molar-refractivity contribution >= 4 is 43.7 Å². The molecule has 5 nitrogen and oxygen atoms in total. The molecule has 0 saturated carbocycles. The maximum Gasteiger partial charge on any atom is 0.235 e. The molecule has 4 aromatic heterocycles. The lowest BCUT2D eigenvalue weighted by Gasteiger charge is -2.14. The van der Waals surface area contributed by atoms with E-state index in [1.54, 1.807) is 0 Å². The third-order valence-corrected chi connectivity index (χ3v) is 9.54. The number of aromatic nitrogens is 5. The Morgan fingerprint density at radius 3 is 1.84 bits per heavy atom. The van der Waals surface area contributed by atoms with Crippen LogP contribution in [0.3, 0.4) is 0 Å². The smallest absolute Gasteiger partial charge is 0.235 e. The Morgan fingerprint density at radius 1 is 0.388 bits per heavy atom. The van der Waals surface area contributed by atoms with Crippen molar-refractivity contribution in [2.45, 2.75) is 0 Å². The summed E-state index contributed by atoms with van der Waals surface area (Å²) in [5, 5.41) is 3.49. The third kappa shape index (κ3) is 4.33. The van der Waals surface area contributed by atoms with Gasteiger partial charge < -0.3 is 9.13 Å². The summed E-state index contributed by atoms with van der Waals surface area (Å²) < 4.78 is 6.71. The first kappa shape index (κ1) is 27.4. The Kier molecular flexibility index (Phi) is 6.11. The fraction of sp³-hybridized carbons (Fsp3) is 0. The van der Waals surface area contributed by atoms with E-state index >= 15 is 0 Å². The zero-order valence-electron chi connectivity index (χ0n) is 26.5. The Hall–Kier alpha value is -6.72. The van der Waals surface area contributed by atoms with Gasteiger partial charge in [-0.05, 0) is 65.7 Å². The molecule has 5 heteroatoms. The average Bonchev–Trinajstić information content (AvgIpc) is 3.90. The molecule has 0 bridgehead atoms. The second kappa shape index (κ2) is 10.9. The van der Waals surface area contributed by atoms with E-state index in [9.17, 15) is 0 Å². The Morgan fingerprint density at radius 2 is 1.04 bits per heavy atom. The molecule has 49 heavy (non-hydrogen) atoms. The lowest BCUT2D eigenvalue weighted by molar-refractivity contribution is 1.01. The molecule has 10 aromatic rings. The summed E-state index contributed by atoms with van der Waals surface area (Å²) in [5.41, 5.74) is 11.6. The maximum absolute atomic E-state index is 5.50. The van der Waals surface area contributed by atoms with E-state index < -0.39 is 0 Å². The van der Waals surface area contributed by atoms with Crippen molar-refractivity contribution < 1.29 is 0 Å². The lowest BCUT2D eigenvalue weighted by atomic mass is 10.0. The summed E-state index contributed by atoms with van der Waals surface area (Å²) in [5.74, 6) is 0.643. The number of hydrogen-bond donors (Lipinski definition) is 0. The van der Waals surface area contributed by atoms with Gasteiger partial charge in [-0.3, -0.25) is 4.57 Å². The first-order chi connectivity index (χ1) is 24.3. The van der Waals surface area contributed by atoms with Crippen molar-refractivity contribution in [2.75, 3.05) is 0 Å². The number of nitrogens with zero attached hydrogens (tertiary/aromatic N) is 5. The summed E-state index contributed by atoms with van der Waals surface area (Å²) in [6, 6.07) is 57.5. The van der Waals surface area contributed by atoms with Crippen LogP contribution in [0.15, 0.2) is 176 Å². The summed E-state index contributed by atoms with van der Waals surface area (Å²) in [4.78, 5) is 10.8. The summed E-state index contributed by atoms with van der Waals surface area (Å²) in [7, 11) is 0. The molecule has 0 saturated heterocycles. The van der Waals surface area contributed by atoms with Gasteiger partial charge in [0, 0.05) is 45.5 Å². The van der Waals surface area contributed by atoms with E-state index in [2.05, 4.69) is 184 Å². The van der Waals surface area contributed by atoms with Crippen molar-refractivity contribution in [3.63, 3.8) is 0 Å². The van der Waals surface area contributed by atoms with Gasteiger partial charge in [0.1, 0.15) is 5.69 Å². The normalized spacial score (nSPS) is 11.7. The maximum atomic E-state index is 5.50. The molecule has 0 amide bonds. The van der Waals surface area contributed by atoms with Crippen LogP contribution < -0.4 is 0 Å². The summed E-state index contributed by atoms with van der Waals surface area (Å²) in [6.45, 7) is 0. The second-order valence-electron chi connectivity index (χ2n) is 12.3. The van der Waals surface area contributed by atoms with E-state index in [0.717, 1.165) is 61.2 Å². The Balaban J connectivity index is 1.29. The number of para-hydroxylation sites is 3. The van der Waals surface area contributed by atoms with Gasteiger partial charge in [-0.25, -0.2) is 9.97 Å². The highest BCUT2D eigenvalue weighted by Gasteiger charge is 2.22. The van der Waals surface area contributed by atoms with E-state index in [0.29, 0.717) is 5.95 Å². The highest BCUT2D eigenvalue weighted by atomic mass is 15.2. The topological polar surface area (TPSA) is 40.6 Å². The quantitative estimate of drug-likeness (QED) is 0.190. The van der Waals surface area contributed by atoms with Crippen molar-refractivity contribution in [2.24, 2.45) is 0 Å². The molecule has 0 atom stereocenters. The van der Waals surface area contributed by atoms with Crippen LogP contribution in [0, 0.1) is 0 Å². The molecule has 0 aliphatic rings. The molecule has 0 fully saturated rings. The molecule has 6 aromatic carbocycles. The van der Waals surface area contributed by atoms with Gasteiger partial charge in [0.25, 0.3) is 0 Å². The SMILES string of the molecule is c1ccc(-c2cccc(-c3nc(-n4c5ccccc5c5ccc6c(ccn6-c6ccccc6)c54)nc4ccn(-c5ccccc5)c34)c2)cc1.